The zero-order valence-electron chi connectivity index (χ0n) is 16.7. The van der Waals surface area contributed by atoms with Gasteiger partial charge in [-0.05, 0) is 54.3 Å². The van der Waals surface area contributed by atoms with Gasteiger partial charge in [-0.2, -0.15) is 0 Å². The lowest BCUT2D eigenvalue weighted by molar-refractivity contribution is 0.101. The second kappa shape index (κ2) is 7.54. The van der Waals surface area contributed by atoms with E-state index >= 15 is 0 Å². The van der Waals surface area contributed by atoms with Crippen molar-refractivity contribution in [2.75, 3.05) is 5.32 Å². The smallest absolute Gasteiger partial charge is 0.255 e. The lowest BCUT2D eigenvalue weighted by Gasteiger charge is -2.19. The van der Waals surface area contributed by atoms with E-state index in [-0.39, 0.29) is 38.2 Å². The highest BCUT2D eigenvalue weighted by atomic mass is 32.2. The molecule has 3 aromatic carbocycles. The first-order valence-corrected chi connectivity index (χ1v) is 11.3. The third-order valence-corrected chi connectivity index (χ3v) is 7.40. The number of amides is 1. The Kier molecular flexibility index (Phi) is 5.03. The Morgan fingerprint density at radius 2 is 1.60 bits per heavy atom. The van der Waals surface area contributed by atoms with Crippen molar-refractivity contribution in [3.05, 3.63) is 89.0 Å². The maximum atomic E-state index is 13.1. The maximum Gasteiger partial charge on any atom is 0.255 e. The van der Waals surface area contributed by atoms with Crippen LogP contribution in [0.1, 0.15) is 58.0 Å². The summed E-state index contributed by atoms with van der Waals surface area (Å²) in [5.41, 5.74) is 2.14. The summed E-state index contributed by atoms with van der Waals surface area (Å²) >= 11 is 0. The average Bonchev–Trinajstić information content (AvgIpc) is 2.77. The van der Waals surface area contributed by atoms with Crippen LogP contribution in [0.2, 0.25) is 0 Å². The molecule has 0 unspecified atom stereocenters. The summed E-state index contributed by atoms with van der Waals surface area (Å²) in [4.78, 5) is 25.5. The standard InChI is InChI=1S/C24H21NO4S/c1-3-15(2)17-8-4-6-10-20(17)25-24(27)16-12-13-19-22(14-16)30(28,29)21-11-7-5-9-18(21)23(19)26/h4-15H,3H2,1-2H3,(H,25,27)/t15-/m1/s1. The fourth-order valence-corrected chi connectivity index (χ4v) is 5.36. The van der Waals surface area contributed by atoms with Gasteiger partial charge in [-0.1, -0.05) is 44.2 Å². The fraction of sp³-hybridized carbons (Fsp3) is 0.167. The Labute approximate surface area is 175 Å². The molecule has 152 valence electrons. The number of ketones is 1. The maximum absolute atomic E-state index is 13.1. The van der Waals surface area contributed by atoms with Gasteiger partial charge in [0, 0.05) is 22.4 Å². The number of para-hydroxylation sites is 1. The number of sulfone groups is 1. The predicted molar refractivity (Wildman–Crippen MR) is 115 cm³/mol. The van der Waals surface area contributed by atoms with E-state index < -0.39 is 15.7 Å². The highest BCUT2D eigenvalue weighted by Gasteiger charge is 2.35. The summed E-state index contributed by atoms with van der Waals surface area (Å²) in [5.74, 6) is -0.515. The van der Waals surface area contributed by atoms with Gasteiger partial charge in [0.15, 0.2) is 5.78 Å². The molecule has 0 fully saturated rings. The molecular weight excluding hydrogens is 398 g/mol. The van der Waals surface area contributed by atoms with Crippen LogP contribution < -0.4 is 5.32 Å². The quantitative estimate of drug-likeness (QED) is 0.514. The van der Waals surface area contributed by atoms with Crippen LogP contribution in [0.5, 0.6) is 0 Å². The van der Waals surface area contributed by atoms with E-state index in [0.717, 1.165) is 12.0 Å². The zero-order chi connectivity index (χ0) is 21.5. The van der Waals surface area contributed by atoms with Crippen LogP contribution in [-0.2, 0) is 9.84 Å². The van der Waals surface area contributed by atoms with Gasteiger partial charge >= 0.3 is 0 Å². The molecule has 6 heteroatoms. The summed E-state index contributed by atoms with van der Waals surface area (Å²) in [7, 11) is -3.89. The molecule has 1 amide bonds. The molecule has 1 N–H and O–H groups in total. The minimum atomic E-state index is -3.89. The van der Waals surface area contributed by atoms with E-state index in [2.05, 4.69) is 19.2 Å². The Hall–Kier alpha value is -3.25. The predicted octanol–water partition coefficient (Wildman–Crippen LogP) is 4.83. The number of nitrogens with one attached hydrogen (secondary N) is 1. The highest BCUT2D eigenvalue weighted by molar-refractivity contribution is 7.91. The molecular formula is C24H21NO4S. The van der Waals surface area contributed by atoms with Crippen molar-refractivity contribution in [3.63, 3.8) is 0 Å². The molecule has 5 nitrogen and oxygen atoms in total. The first-order valence-electron chi connectivity index (χ1n) is 9.77. The van der Waals surface area contributed by atoms with Crippen molar-refractivity contribution < 1.29 is 18.0 Å². The molecule has 3 aromatic rings. The molecule has 4 rings (SSSR count). The molecule has 0 saturated heterocycles. The zero-order valence-corrected chi connectivity index (χ0v) is 17.5. The number of hydrogen-bond donors (Lipinski definition) is 1. The molecule has 1 aliphatic heterocycles. The number of hydrogen-bond acceptors (Lipinski definition) is 4. The normalized spacial score (nSPS) is 15.1. The molecule has 1 atom stereocenters. The second-order valence-corrected chi connectivity index (χ2v) is 9.28. The van der Waals surface area contributed by atoms with Crippen molar-refractivity contribution in [2.45, 2.75) is 36.0 Å². The number of fused-ring (bicyclic) bond motifs is 2. The monoisotopic (exact) mass is 419 g/mol. The summed E-state index contributed by atoms with van der Waals surface area (Å²) in [6.07, 6.45) is 0.922. The second-order valence-electron chi connectivity index (χ2n) is 7.39. The number of carbonyl (C=O) groups excluding carboxylic acids is 2. The van der Waals surface area contributed by atoms with Gasteiger partial charge in [-0.3, -0.25) is 9.59 Å². The van der Waals surface area contributed by atoms with Crippen LogP contribution in [0.4, 0.5) is 5.69 Å². The lowest BCUT2D eigenvalue weighted by Crippen LogP contribution is -2.21. The number of benzene rings is 3. The molecule has 1 heterocycles. The van der Waals surface area contributed by atoms with Crippen molar-refractivity contribution in [3.8, 4) is 0 Å². The SMILES string of the molecule is CC[C@@H](C)c1ccccc1NC(=O)c1ccc2c(c1)S(=O)(=O)c1ccccc1C2=O. The third kappa shape index (κ3) is 3.23. The summed E-state index contributed by atoms with van der Waals surface area (Å²) < 4.78 is 26.1. The van der Waals surface area contributed by atoms with E-state index in [9.17, 15) is 18.0 Å². The molecule has 30 heavy (non-hydrogen) atoms. The molecule has 0 radical (unpaired) electrons. The van der Waals surface area contributed by atoms with Crippen molar-refractivity contribution in [1.29, 1.82) is 0 Å². The molecule has 0 saturated carbocycles. The van der Waals surface area contributed by atoms with Crippen molar-refractivity contribution in [2.24, 2.45) is 0 Å². The van der Waals surface area contributed by atoms with Gasteiger partial charge in [0.2, 0.25) is 9.84 Å². The Balaban J connectivity index is 1.73. The first-order chi connectivity index (χ1) is 14.3. The molecule has 0 bridgehead atoms. The number of carbonyl (C=O) groups is 2. The Bertz CT molecular complexity index is 1280. The van der Waals surface area contributed by atoms with Crippen molar-refractivity contribution >= 4 is 27.2 Å². The van der Waals surface area contributed by atoms with E-state index in [0.29, 0.717) is 5.69 Å². The van der Waals surface area contributed by atoms with E-state index in [4.69, 9.17) is 0 Å². The van der Waals surface area contributed by atoms with E-state index in [1.807, 2.05) is 24.3 Å². The summed E-state index contributed by atoms with van der Waals surface area (Å²) in [5, 5.41) is 2.89. The Morgan fingerprint density at radius 3 is 2.37 bits per heavy atom. The summed E-state index contributed by atoms with van der Waals surface area (Å²) in [6, 6.07) is 17.9. The van der Waals surface area contributed by atoms with Crippen LogP contribution in [0.3, 0.4) is 0 Å². The molecule has 0 aromatic heterocycles. The molecule has 0 aliphatic carbocycles. The van der Waals surface area contributed by atoms with Crippen molar-refractivity contribution in [1.82, 2.24) is 0 Å². The average molecular weight is 420 g/mol. The third-order valence-electron chi connectivity index (χ3n) is 5.55. The van der Waals surface area contributed by atoms with Gasteiger partial charge in [-0.15, -0.1) is 0 Å². The van der Waals surface area contributed by atoms with Crippen LogP contribution in [-0.4, -0.2) is 20.1 Å². The number of anilines is 1. The van der Waals surface area contributed by atoms with E-state index in [1.54, 1.807) is 12.1 Å². The van der Waals surface area contributed by atoms with Crippen LogP contribution in [0.25, 0.3) is 0 Å². The number of rotatable bonds is 4. The highest BCUT2D eigenvalue weighted by Crippen LogP contribution is 2.35. The van der Waals surface area contributed by atoms with Gasteiger partial charge in [0.1, 0.15) is 0 Å². The van der Waals surface area contributed by atoms with Crippen LogP contribution >= 0.6 is 0 Å². The minimum Gasteiger partial charge on any atom is -0.322 e. The van der Waals surface area contributed by atoms with Gasteiger partial charge in [0.05, 0.1) is 9.79 Å². The minimum absolute atomic E-state index is 0.0258. The largest absolute Gasteiger partial charge is 0.322 e. The van der Waals surface area contributed by atoms with E-state index in [1.165, 1.54) is 30.3 Å². The lowest BCUT2D eigenvalue weighted by atomic mass is 9.96. The summed E-state index contributed by atoms with van der Waals surface area (Å²) in [6.45, 7) is 4.16. The Morgan fingerprint density at radius 1 is 0.933 bits per heavy atom. The molecule has 0 spiro atoms. The fourth-order valence-electron chi connectivity index (χ4n) is 3.68. The van der Waals surface area contributed by atoms with Gasteiger partial charge < -0.3 is 5.32 Å². The molecule has 1 aliphatic rings. The van der Waals surface area contributed by atoms with Gasteiger partial charge in [-0.25, -0.2) is 8.42 Å². The topological polar surface area (TPSA) is 80.3 Å². The van der Waals surface area contributed by atoms with Crippen LogP contribution in [0, 0.1) is 0 Å². The van der Waals surface area contributed by atoms with Gasteiger partial charge in [0.25, 0.3) is 5.91 Å². The first kappa shape index (κ1) is 20.0. The van der Waals surface area contributed by atoms with Crippen LogP contribution in [0.15, 0.2) is 76.5 Å².